The topological polar surface area (TPSA) is 147 Å². The van der Waals surface area contributed by atoms with E-state index in [1.165, 1.54) is 19.1 Å². The summed E-state index contributed by atoms with van der Waals surface area (Å²) in [5, 5.41) is 10.8. The van der Waals surface area contributed by atoms with Crippen LogP contribution in [-0.2, 0) is 24.4 Å². The van der Waals surface area contributed by atoms with E-state index < -0.39 is 21.9 Å². The maximum atomic E-state index is 11.8. The van der Waals surface area contributed by atoms with Crippen LogP contribution in [0.4, 0.5) is 5.69 Å². The first-order valence-electron chi connectivity index (χ1n) is 5.11. The molecule has 108 valence electrons. The third-order valence-electron chi connectivity index (χ3n) is 2.11. The van der Waals surface area contributed by atoms with Crippen molar-refractivity contribution in [2.75, 3.05) is 5.32 Å². The predicted octanol–water partition coefficient (Wildman–Crippen LogP) is -0.879. The normalized spacial score (nSPS) is 10.7. The van der Waals surface area contributed by atoms with E-state index in [9.17, 15) is 22.8 Å². The summed E-state index contributed by atoms with van der Waals surface area (Å²) in [5.74, 6) is 0.871. The first kappa shape index (κ1) is 15.6. The minimum Gasteiger partial charge on any atom is -0.474 e. The van der Waals surface area contributed by atoms with Crippen molar-refractivity contribution >= 4 is 33.5 Å². The number of hydrogen-bond donors (Lipinski definition) is 3. The molecule has 1 aromatic rings. The Hall–Kier alpha value is -2.46. The summed E-state index contributed by atoms with van der Waals surface area (Å²) < 4.78 is 23.3. The Bertz CT molecular complexity index is 652. The van der Waals surface area contributed by atoms with Crippen molar-refractivity contribution in [1.29, 1.82) is 0 Å². The lowest BCUT2D eigenvalue weighted by molar-refractivity contribution is -0.153. The van der Waals surface area contributed by atoms with Gasteiger partial charge in [-0.2, -0.15) is 12.8 Å². The number of nitrogens with one attached hydrogen (secondary N) is 1. The van der Waals surface area contributed by atoms with Crippen molar-refractivity contribution in [3.8, 4) is 0 Å². The van der Waals surface area contributed by atoms with Crippen LogP contribution in [0.3, 0.4) is 0 Å². The van der Waals surface area contributed by atoms with E-state index in [2.05, 4.69) is 5.32 Å². The molecule has 0 aliphatic rings. The second kappa shape index (κ2) is 5.67. The van der Waals surface area contributed by atoms with Gasteiger partial charge in [-0.3, -0.25) is 9.59 Å². The van der Waals surface area contributed by atoms with Crippen LogP contribution in [0.15, 0.2) is 29.2 Å². The van der Waals surface area contributed by atoms with Crippen LogP contribution in [0.1, 0.15) is 6.92 Å². The van der Waals surface area contributed by atoms with Crippen LogP contribution in [0.2, 0.25) is 0 Å². The number of sulfonamides is 1. The van der Waals surface area contributed by atoms with Gasteiger partial charge in [0.1, 0.15) is 0 Å². The van der Waals surface area contributed by atoms with Crippen LogP contribution in [0.5, 0.6) is 0 Å². The van der Waals surface area contributed by atoms with Gasteiger partial charge >= 0.3 is 11.9 Å². The second-order valence-corrected chi connectivity index (χ2v) is 5.43. The highest BCUT2D eigenvalue weighted by Gasteiger charge is 2.30. The molecule has 0 aliphatic heterocycles. The average Bonchev–Trinajstić information content (AvgIpc) is 2.36. The van der Waals surface area contributed by atoms with E-state index >= 15 is 0 Å². The molecule has 0 spiro atoms. The Morgan fingerprint density at radius 1 is 1.20 bits per heavy atom. The summed E-state index contributed by atoms with van der Waals surface area (Å²) in [6.45, 7) is 1.28. The number of carbonyl (C=O) groups excluding carboxylic acids is 2. The van der Waals surface area contributed by atoms with E-state index in [0.717, 1.165) is 12.1 Å². The summed E-state index contributed by atoms with van der Waals surface area (Å²) in [6.07, 6.45) is 0. The van der Waals surface area contributed by atoms with Crippen LogP contribution in [0.25, 0.3) is 0 Å². The molecule has 4 N–H and O–H groups in total. The average molecular weight is 301 g/mol. The number of nitrogens with zero attached hydrogens (tertiary/aromatic N) is 1. The molecule has 10 heteroatoms. The zero-order valence-electron chi connectivity index (χ0n) is 10.2. The third kappa shape index (κ3) is 3.30. The van der Waals surface area contributed by atoms with Crippen molar-refractivity contribution < 1.29 is 27.9 Å². The molecule has 0 aromatic heterocycles. The molecule has 0 heterocycles. The van der Waals surface area contributed by atoms with Gasteiger partial charge < -0.3 is 10.4 Å². The van der Waals surface area contributed by atoms with Crippen LogP contribution < -0.4 is 11.2 Å². The Balaban J connectivity index is 3.07. The fourth-order valence-electron chi connectivity index (χ4n) is 1.23. The van der Waals surface area contributed by atoms with E-state index in [0.29, 0.717) is 5.69 Å². The van der Waals surface area contributed by atoms with Crippen LogP contribution >= 0.6 is 0 Å². The summed E-state index contributed by atoms with van der Waals surface area (Å²) in [4.78, 5) is 31.9. The van der Waals surface area contributed by atoms with E-state index in [4.69, 9.17) is 10.9 Å². The smallest absolute Gasteiger partial charge is 0.397 e. The third-order valence-corrected chi connectivity index (χ3v) is 3.67. The molecule has 20 heavy (non-hydrogen) atoms. The van der Waals surface area contributed by atoms with Gasteiger partial charge in [0, 0.05) is 12.6 Å². The minimum atomic E-state index is -4.46. The lowest BCUT2D eigenvalue weighted by atomic mass is 10.3. The fraction of sp³-hybridized carbons (Fsp3) is 0.100. The van der Waals surface area contributed by atoms with Crippen molar-refractivity contribution in [2.45, 2.75) is 11.8 Å². The number of anilines is 1. The number of carboxylic acids is 1. The number of hydrogen-bond acceptors (Lipinski definition) is 6. The number of aliphatic carboxylic acids is 1. The van der Waals surface area contributed by atoms with E-state index in [-0.39, 0.29) is 15.2 Å². The Labute approximate surface area is 114 Å². The van der Waals surface area contributed by atoms with Gasteiger partial charge in [-0.25, -0.2) is 10.6 Å². The van der Waals surface area contributed by atoms with Gasteiger partial charge in [0.15, 0.2) is 0 Å². The predicted molar refractivity (Wildman–Crippen MR) is 66.6 cm³/mol. The highest BCUT2D eigenvalue weighted by atomic mass is 32.2. The zero-order chi connectivity index (χ0) is 15.5. The number of benzene rings is 1. The Kier molecular flexibility index (Phi) is 4.42. The number of amides is 2. The maximum Gasteiger partial charge on any atom is 0.397 e. The van der Waals surface area contributed by atoms with Gasteiger partial charge in [0.05, 0.1) is 4.90 Å². The largest absolute Gasteiger partial charge is 0.474 e. The molecule has 0 saturated carbocycles. The molecule has 9 nitrogen and oxygen atoms in total. The van der Waals surface area contributed by atoms with Crippen molar-refractivity contribution in [3.63, 3.8) is 0 Å². The fourth-order valence-corrected chi connectivity index (χ4v) is 2.23. The van der Waals surface area contributed by atoms with Crippen LogP contribution in [0, 0.1) is 0 Å². The first-order chi connectivity index (χ1) is 9.16. The molecule has 0 aliphatic carbocycles. The molecule has 0 radical (unpaired) electrons. The summed E-state index contributed by atoms with van der Waals surface area (Å²) >= 11 is 0. The lowest BCUT2D eigenvalue weighted by Gasteiger charge is -2.14. The first-order valence-corrected chi connectivity index (χ1v) is 6.55. The molecule has 2 amide bonds. The molecule has 1 aromatic carbocycles. The molecular formula is C10H11N3O6S. The lowest BCUT2D eigenvalue weighted by Crippen LogP contribution is -2.45. The summed E-state index contributed by atoms with van der Waals surface area (Å²) in [7, 11) is -4.46. The van der Waals surface area contributed by atoms with Gasteiger partial charge in [-0.05, 0) is 24.3 Å². The summed E-state index contributed by atoms with van der Waals surface area (Å²) in [6, 6.07) is 4.70. The quantitative estimate of drug-likeness (QED) is 0.284. The number of nitrogens with two attached hydrogens (primary N) is 1. The molecule has 0 unspecified atom stereocenters. The van der Waals surface area contributed by atoms with Crippen LogP contribution in [-0.4, -0.2) is 35.7 Å². The van der Waals surface area contributed by atoms with Gasteiger partial charge in [0.2, 0.25) is 5.91 Å². The highest BCUT2D eigenvalue weighted by molar-refractivity contribution is 7.89. The SMILES string of the molecule is CC(=O)Nc1ccc(S(=O)(=O)N(N)C(=O)C(=O)O)cc1. The van der Waals surface area contributed by atoms with Gasteiger partial charge in [-0.15, -0.1) is 0 Å². The number of hydrazine groups is 1. The zero-order valence-corrected chi connectivity index (χ0v) is 11.0. The minimum absolute atomic E-state index is 0.338. The van der Waals surface area contributed by atoms with Gasteiger partial charge in [-0.1, -0.05) is 0 Å². The number of carbonyl (C=O) groups is 3. The Morgan fingerprint density at radius 2 is 1.70 bits per heavy atom. The number of rotatable bonds is 3. The summed E-state index contributed by atoms with van der Waals surface area (Å²) in [5.41, 5.74) is 0.338. The molecule has 0 atom stereocenters. The molecule has 0 bridgehead atoms. The maximum absolute atomic E-state index is 11.8. The van der Waals surface area contributed by atoms with Crippen molar-refractivity contribution in [1.82, 2.24) is 4.41 Å². The van der Waals surface area contributed by atoms with Crippen molar-refractivity contribution in [3.05, 3.63) is 24.3 Å². The molecule has 0 saturated heterocycles. The second-order valence-electron chi connectivity index (χ2n) is 3.62. The van der Waals surface area contributed by atoms with Crippen molar-refractivity contribution in [2.24, 2.45) is 5.84 Å². The van der Waals surface area contributed by atoms with Gasteiger partial charge in [0.25, 0.3) is 10.0 Å². The van der Waals surface area contributed by atoms with E-state index in [1.54, 1.807) is 0 Å². The Morgan fingerprint density at radius 3 is 2.10 bits per heavy atom. The molecular weight excluding hydrogens is 290 g/mol. The monoisotopic (exact) mass is 301 g/mol. The molecule has 0 fully saturated rings. The highest BCUT2D eigenvalue weighted by Crippen LogP contribution is 2.16. The van der Waals surface area contributed by atoms with E-state index in [1.807, 2.05) is 0 Å². The number of carboxylic acid groups (broad SMARTS) is 1. The standard InChI is InChI=1S/C10H11N3O6S/c1-6(14)12-7-2-4-8(5-3-7)20(18,19)13(11)9(15)10(16)17/h2-5H,11H2,1H3,(H,12,14)(H,16,17). The molecule has 1 rings (SSSR count).